The molecule has 0 atom stereocenters. The van der Waals surface area contributed by atoms with Crippen LogP contribution in [0.1, 0.15) is 0 Å². The molecule has 0 aliphatic heterocycles. The number of nitrogens with zero attached hydrogens (tertiary/aromatic N) is 3. The highest BCUT2D eigenvalue weighted by Gasteiger charge is 2.27. The van der Waals surface area contributed by atoms with Gasteiger partial charge in [-0.1, -0.05) is 38.4 Å². The van der Waals surface area contributed by atoms with Crippen LogP contribution in [0.15, 0.2) is 4.78 Å². The van der Waals surface area contributed by atoms with Gasteiger partial charge in [-0.25, -0.2) is 0 Å². The summed E-state index contributed by atoms with van der Waals surface area (Å²) in [5.41, 5.74) is 9.49. The molecule has 5 heteroatoms. The average molecular weight is 187 g/mol. The summed E-state index contributed by atoms with van der Waals surface area (Å²) in [6.07, 6.45) is 0. The highest BCUT2D eigenvalue weighted by Crippen LogP contribution is 2.20. The van der Waals surface area contributed by atoms with Crippen LogP contribution in [0.3, 0.4) is 0 Å². The lowest BCUT2D eigenvalue weighted by Gasteiger charge is -2.24. The van der Waals surface area contributed by atoms with E-state index in [1.165, 1.54) is 5.67 Å². The maximum Gasteiger partial charge on any atom is 0.147 e. The minimum absolute atomic E-state index is 1.03. The van der Waals surface area contributed by atoms with Crippen molar-refractivity contribution in [3.05, 3.63) is 10.4 Å². The van der Waals surface area contributed by atoms with Crippen molar-refractivity contribution in [2.24, 2.45) is 4.78 Å². The van der Waals surface area contributed by atoms with E-state index in [1.54, 1.807) is 0 Å². The van der Waals surface area contributed by atoms with Gasteiger partial charge in [0.1, 0.15) is 8.24 Å². The highest BCUT2D eigenvalue weighted by molar-refractivity contribution is 6.93. The van der Waals surface area contributed by atoms with E-state index in [1.807, 2.05) is 0 Å². The molecule has 0 unspecified atom stereocenters. The molecule has 0 radical (unpaired) electrons. The average Bonchev–Trinajstić information content (AvgIpc) is 1.55. The minimum atomic E-state index is -1.57. The Labute approximate surface area is 70.5 Å². The zero-order chi connectivity index (χ0) is 9.12. The maximum atomic E-state index is 8.31. The molecule has 11 heavy (non-hydrogen) atoms. The van der Waals surface area contributed by atoms with E-state index in [0.717, 1.165) is 0 Å². The first kappa shape index (κ1) is 10.7. The second-order valence-corrected chi connectivity index (χ2v) is 15.1. The van der Waals surface area contributed by atoms with E-state index in [0.29, 0.717) is 0 Å². The first-order chi connectivity index (χ1) is 4.77. The molecule has 0 amide bonds. The van der Waals surface area contributed by atoms with Crippen LogP contribution in [-0.2, 0) is 0 Å². The van der Waals surface area contributed by atoms with Gasteiger partial charge in [0, 0.05) is 8.07 Å². The lowest BCUT2D eigenvalue weighted by molar-refractivity contribution is 1.43. The second kappa shape index (κ2) is 3.43. The standard InChI is InChI=1S/C6H17N3Si2/c1-10(2,3)6-11(4,5)9-8-7/h6H2,1-5H3. The highest BCUT2D eigenvalue weighted by atomic mass is 28.4. The third-order valence-corrected chi connectivity index (χ3v) is 9.61. The number of azide groups is 1. The molecule has 0 aliphatic carbocycles. The van der Waals surface area contributed by atoms with Crippen LogP contribution in [0.25, 0.3) is 10.4 Å². The summed E-state index contributed by atoms with van der Waals surface area (Å²) in [7, 11) is -2.60. The molecule has 0 saturated carbocycles. The molecule has 0 aromatic carbocycles. The molecule has 0 fully saturated rings. The Morgan fingerprint density at radius 3 is 1.91 bits per heavy atom. The van der Waals surface area contributed by atoms with Gasteiger partial charge in [-0.15, -0.1) is 4.78 Å². The van der Waals surface area contributed by atoms with Crippen molar-refractivity contribution in [3.8, 4) is 0 Å². The first-order valence-electron chi connectivity index (χ1n) is 3.83. The molecular weight excluding hydrogens is 170 g/mol. The van der Waals surface area contributed by atoms with E-state index >= 15 is 0 Å². The predicted octanol–water partition coefficient (Wildman–Crippen LogP) is 3.38. The lowest BCUT2D eigenvalue weighted by Crippen LogP contribution is -2.35. The summed E-state index contributed by atoms with van der Waals surface area (Å²) in [5, 5.41) is 0. The molecule has 0 bridgehead atoms. The summed E-state index contributed by atoms with van der Waals surface area (Å²) in [5.74, 6) is 0. The van der Waals surface area contributed by atoms with Crippen molar-refractivity contribution in [1.82, 2.24) is 0 Å². The molecular formula is C6H17N3Si2. The van der Waals surface area contributed by atoms with Gasteiger partial charge in [0.05, 0.1) is 0 Å². The quantitative estimate of drug-likeness (QED) is 0.281. The lowest BCUT2D eigenvalue weighted by atomic mass is 11.7. The maximum absolute atomic E-state index is 8.31. The molecule has 0 saturated heterocycles. The third-order valence-electron chi connectivity index (χ3n) is 1.28. The van der Waals surface area contributed by atoms with Gasteiger partial charge in [0.2, 0.25) is 0 Å². The summed E-state index contributed by atoms with van der Waals surface area (Å²) >= 11 is 0. The zero-order valence-corrected chi connectivity index (χ0v) is 10.0. The van der Waals surface area contributed by atoms with Crippen LogP contribution in [-0.4, -0.2) is 16.3 Å². The summed E-state index contributed by atoms with van der Waals surface area (Å²) in [6, 6.07) is 0. The minimum Gasteiger partial charge on any atom is -0.125 e. The van der Waals surface area contributed by atoms with Crippen LogP contribution in [0.4, 0.5) is 0 Å². The fourth-order valence-electron chi connectivity index (χ4n) is 1.45. The number of hydrogen-bond acceptors (Lipinski definition) is 1. The van der Waals surface area contributed by atoms with E-state index in [-0.39, 0.29) is 0 Å². The largest absolute Gasteiger partial charge is 0.147 e. The Morgan fingerprint density at radius 2 is 1.64 bits per heavy atom. The van der Waals surface area contributed by atoms with Gasteiger partial charge in [-0.2, -0.15) is 0 Å². The van der Waals surface area contributed by atoms with Crippen molar-refractivity contribution in [2.75, 3.05) is 0 Å². The van der Waals surface area contributed by atoms with Crippen LogP contribution < -0.4 is 0 Å². The van der Waals surface area contributed by atoms with Gasteiger partial charge in [-0.3, -0.25) is 0 Å². The molecule has 0 spiro atoms. The fraction of sp³-hybridized carbons (Fsp3) is 1.00. The summed E-state index contributed by atoms with van der Waals surface area (Å²) < 4.78 is 3.90. The van der Waals surface area contributed by atoms with Gasteiger partial charge in [-0.05, 0) is 10.4 Å². The Balaban J connectivity index is 4.24. The van der Waals surface area contributed by atoms with Crippen LogP contribution >= 0.6 is 0 Å². The normalized spacial score (nSPS) is 12.5. The monoisotopic (exact) mass is 187 g/mol. The van der Waals surface area contributed by atoms with E-state index in [2.05, 4.69) is 42.4 Å². The molecule has 0 aromatic rings. The predicted molar refractivity (Wildman–Crippen MR) is 54.8 cm³/mol. The number of rotatable bonds is 3. The topological polar surface area (TPSA) is 48.8 Å². The smallest absolute Gasteiger partial charge is 0.125 e. The van der Waals surface area contributed by atoms with E-state index in [4.69, 9.17) is 5.53 Å². The van der Waals surface area contributed by atoms with Gasteiger partial charge in [0.25, 0.3) is 0 Å². The SMILES string of the molecule is C[Si](C)(C)C[Si](C)(C)N=[N+]=[N-]. The second-order valence-electron chi connectivity index (χ2n) is 4.74. The van der Waals surface area contributed by atoms with E-state index < -0.39 is 16.3 Å². The van der Waals surface area contributed by atoms with Crippen molar-refractivity contribution >= 4 is 16.3 Å². The van der Waals surface area contributed by atoms with Crippen molar-refractivity contribution in [2.45, 2.75) is 38.4 Å². The zero-order valence-electron chi connectivity index (χ0n) is 8.05. The van der Waals surface area contributed by atoms with Crippen LogP contribution in [0.2, 0.25) is 38.4 Å². The number of hydrogen-bond donors (Lipinski definition) is 0. The fourth-order valence-corrected chi connectivity index (χ4v) is 12.4. The Hall–Kier alpha value is -0.256. The van der Waals surface area contributed by atoms with E-state index in [9.17, 15) is 0 Å². The molecule has 0 N–H and O–H groups in total. The molecule has 0 rings (SSSR count). The van der Waals surface area contributed by atoms with Gasteiger partial charge >= 0.3 is 0 Å². The van der Waals surface area contributed by atoms with Crippen molar-refractivity contribution < 1.29 is 0 Å². The Morgan fingerprint density at radius 1 is 1.18 bits per heavy atom. The first-order valence-corrected chi connectivity index (χ1v) is 10.7. The van der Waals surface area contributed by atoms with Crippen molar-refractivity contribution in [3.63, 3.8) is 0 Å². The molecule has 3 nitrogen and oxygen atoms in total. The van der Waals surface area contributed by atoms with Crippen LogP contribution in [0, 0.1) is 0 Å². The van der Waals surface area contributed by atoms with Crippen LogP contribution in [0.5, 0.6) is 0 Å². The molecule has 0 aliphatic rings. The summed E-state index contributed by atoms with van der Waals surface area (Å²) in [4.78, 5) is 2.90. The van der Waals surface area contributed by atoms with Crippen molar-refractivity contribution in [1.29, 1.82) is 0 Å². The Kier molecular flexibility index (Phi) is 3.35. The van der Waals surface area contributed by atoms with Gasteiger partial charge < -0.3 is 0 Å². The Bertz CT molecular complexity index is 177. The van der Waals surface area contributed by atoms with Gasteiger partial charge in [0.15, 0.2) is 0 Å². The molecule has 0 heterocycles. The molecule has 64 valence electrons. The third kappa shape index (κ3) is 6.15. The molecule has 0 aromatic heterocycles. The summed E-state index contributed by atoms with van der Waals surface area (Å²) in [6.45, 7) is 11.2.